The fourth-order valence-corrected chi connectivity index (χ4v) is 3.54. The molecule has 1 amide bonds. The van der Waals surface area contributed by atoms with E-state index < -0.39 is 23.5 Å². The zero-order chi connectivity index (χ0) is 21.8. The highest BCUT2D eigenvalue weighted by Gasteiger charge is 2.46. The lowest BCUT2D eigenvalue weighted by Crippen LogP contribution is -2.32. The van der Waals surface area contributed by atoms with Gasteiger partial charge < -0.3 is 24.7 Å². The van der Waals surface area contributed by atoms with E-state index in [1.165, 1.54) is 24.1 Å². The van der Waals surface area contributed by atoms with Crippen molar-refractivity contribution < 1.29 is 24.5 Å². The molecule has 1 aliphatic rings. The summed E-state index contributed by atoms with van der Waals surface area (Å²) < 4.78 is 5.07. The van der Waals surface area contributed by atoms with Gasteiger partial charge in [-0.2, -0.15) is 0 Å². The number of likely N-dealkylation sites (tertiary alicyclic amines) is 1. The monoisotopic (exact) mass is 411 g/mol. The molecule has 30 heavy (non-hydrogen) atoms. The van der Waals surface area contributed by atoms with Crippen molar-refractivity contribution in [2.45, 2.75) is 12.5 Å². The summed E-state index contributed by atoms with van der Waals surface area (Å²) in [6, 6.07) is 7.01. The maximum absolute atomic E-state index is 12.9. The number of aliphatic hydroxyl groups excluding tert-OH is 1. The van der Waals surface area contributed by atoms with Crippen molar-refractivity contribution in [3.63, 3.8) is 0 Å². The van der Waals surface area contributed by atoms with Gasteiger partial charge in [-0.05, 0) is 50.8 Å². The van der Waals surface area contributed by atoms with Crippen LogP contribution in [-0.2, 0) is 9.59 Å². The Morgan fingerprint density at radius 2 is 2.03 bits per heavy atom. The number of rotatable bonds is 7. The number of phenolic OH excluding ortho intramolecular Hbond substituents is 1. The number of phenols is 1. The summed E-state index contributed by atoms with van der Waals surface area (Å²) in [6.45, 7) is 1.08. The fraction of sp³-hybridized carbons (Fsp3) is 0.318. The molecule has 1 saturated heterocycles. The molecule has 0 radical (unpaired) electrons. The molecule has 1 aliphatic heterocycles. The number of hydrogen-bond acceptors (Lipinski definition) is 7. The molecule has 158 valence electrons. The van der Waals surface area contributed by atoms with Crippen LogP contribution in [0.1, 0.15) is 23.6 Å². The lowest BCUT2D eigenvalue weighted by molar-refractivity contribution is -0.139. The summed E-state index contributed by atoms with van der Waals surface area (Å²) in [7, 11) is 5.31. The first-order valence-corrected chi connectivity index (χ1v) is 9.55. The van der Waals surface area contributed by atoms with Crippen molar-refractivity contribution in [3.8, 4) is 11.5 Å². The molecule has 0 spiro atoms. The molecule has 1 unspecified atom stereocenters. The second-order valence-corrected chi connectivity index (χ2v) is 7.32. The number of aromatic nitrogens is 1. The Morgan fingerprint density at radius 1 is 1.27 bits per heavy atom. The summed E-state index contributed by atoms with van der Waals surface area (Å²) in [4.78, 5) is 33.3. The maximum Gasteiger partial charge on any atom is 0.295 e. The van der Waals surface area contributed by atoms with Gasteiger partial charge in [-0.15, -0.1) is 0 Å². The van der Waals surface area contributed by atoms with Gasteiger partial charge in [0.25, 0.3) is 11.7 Å². The van der Waals surface area contributed by atoms with E-state index in [1.807, 2.05) is 19.0 Å². The number of aliphatic hydroxyl groups is 1. The van der Waals surface area contributed by atoms with Gasteiger partial charge >= 0.3 is 0 Å². The molecule has 2 aromatic rings. The molecule has 0 bridgehead atoms. The smallest absolute Gasteiger partial charge is 0.295 e. The summed E-state index contributed by atoms with van der Waals surface area (Å²) in [5.41, 5.74) is 0.588. The third-order valence-corrected chi connectivity index (χ3v) is 5.00. The van der Waals surface area contributed by atoms with Crippen molar-refractivity contribution in [3.05, 3.63) is 59.4 Å². The van der Waals surface area contributed by atoms with E-state index in [9.17, 15) is 19.8 Å². The fourth-order valence-electron chi connectivity index (χ4n) is 3.54. The number of ether oxygens (including phenoxy) is 1. The molecule has 0 saturated carbocycles. The predicted molar refractivity (Wildman–Crippen MR) is 111 cm³/mol. The minimum Gasteiger partial charge on any atom is -0.507 e. The number of amides is 1. The zero-order valence-electron chi connectivity index (χ0n) is 17.2. The first kappa shape index (κ1) is 21.3. The van der Waals surface area contributed by atoms with E-state index in [0.29, 0.717) is 24.3 Å². The molecule has 8 nitrogen and oxygen atoms in total. The Labute approximate surface area is 175 Å². The first-order valence-electron chi connectivity index (χ1n) is 9.55. The molecule has 1 atom stereocenters. The summed E-state index contributed by atoms with van der Waals surface area (Å²) in [6.07, 6.45) is 3.82. The zero-order valence-corrected chi connectivity index (χ0v) is 17.2. The highest BCUT2D eigenvalue weighted by Crippen LogP contribution is 2.41. The Balaban J connectivity index is 2.09. The van der Waals surface area contributed by atoms with Gasteiger partial charge in [-0.25, -0.2) is 0 Å². The number of methoxy groups -OCH3 is 1. The standard InChI is InChI=1S/C22H25N3O5/c1-24(2)10-5-11-25-19(14-6-4-9-23-13-14)18(21(28)22(25)29)20(27)16-8-7-15(30-3)12-17(16)26/h4,6-9,12-13,19,26-27H,5,10-11H2,1-3H3/b20-18+. The van der Waals surface area contributed by atoms with Gasteiger partial charge in [0, 0.05) is 25.0 Å². The highest BCUT2D eigenvalue weighted by atomic mass is 16.5. The lowest BCUT2D eigenvalue weighted by Gasteiger charge is -2.25. The minimum absolute atomic E-state index is 0.0518. The van der Waals surface area contributed by atoms with Gasteiger partial charge in [0.15, 0.2) is 0 Å². The number of pyridine rings is 1. The quantitative estimate of drug-likeness (QED) is 0.409. The first-order chi connectivity index (χ1) is 14.3. The molecule has 8 heteroatoms. The number of ketones is 1. The van der Waals surface area contributed by atoms with E-state index in [-0.39, 0.29) is 16.9 Å². The van der Waals surface area contributed by atoms with Gasteiger partial charge in [-0.1, -0.05) is 6.07 Å². The second kappa shape index (κ2) is 8.96. The average Bonchev–Trinajstić information content (AvgIpc) is 2.98. The van der Waals surface area contributed by atoms with Crippen molar-refractivity contribution >= 4 is 17.4 Å². The SMILES string of the molecule is COc1ccc(/C(O)=C2\C(=O)C(=O)N(CCCN(C)C)C2c2cccnc2)c(O)c1. The molecular weight excluding hydrogens is 386 g/mol. The Kier molecular flexibility index (Phi) is 6.37. The number of aromatic hydroxyl groups is 1. The molecule has 1 aromatic carbocycles. The number of benzene rings is 1. The molecule has 1 aromatic heterocycles. The van der Waals surface area contributed by atoms with Crippen molar-refractivity contribution in [1.29, 1.82) is 0 Å². The second-order valence-electron chi connectivity index (χ2n) is 7.32. The number of carbonyl (C=O) groups is 2. The van der Waals surface area contributed by atoms with Crippen LogP contribution in [0.3, 0.4) is 0 Å². The Hall–Kier alpha value is -3.39. The van der Waals surface area contributed by atoms with Gasteiger partial charge in [0.05, 0.1) is 24.3 Å². The maximum atomic E-state index is 12.9. The van der Waals surface area contributed by atoms with Crippen LogP contribution in [0.4, 0.5) is 0 Å². The van der Waals surface area contributed by atoms with Crippen LogP contribution in [0.15, 0.2) is 48.3 Å². The minimum atomic E-state index is -0.790. The van der Waals surface area contributed by atoms with Crippen LogP contribution in [0.5, 0.6) is 11.5 Å². The molecule has 2 N–H and O–H groups in total. The van der Waals surface area contributed by atoms with Crippen LogP contribution in [0.25, 0.3) is 5.76 Å². The normalized spacial score (nSPS) is 18.3. The van der Waals surface area contributed by atoms with Crippen molar-refractivity contribution in [1.82, 2.24) is 14.8 Å². The van der Waals surface area contributed by atoms with Crippen LogP contribution in [0.2, 0.25) is 0 Å². The van der Waals surface area contributed by atoms with E-state index in [1.54, 1.807) is 30.6 Å². The summed E-state index contributed by atoms with van der Waals surface area (Å²) in [5, 5.41) is 21.3. The number of nitrogens with zero attached hydrogens (tertiary/aromatic N) is 3. The van der Waals surface area contributed by atoms with E-state index >= 15 is 0 Å². The number of carbonyl (C=O) groups excluding carboxylic acids is 2. The third kappa shape index (κ3) is 4.13. The molecule has 0 aliphatic carbocycles. The number of Topliss-reactive ketones (excluding diaryl/α,β-unsaturated/α-hetero) is 1. The third-order valence-electron chi connectivity index (χ3n) is 5.00. The molecule has 3 rings (SSSR count). The molecule has 2 heterocycles. The Bertz CT molecular complexity index is 972. The molecule has 1 fully saturated rings. The Morgan fingerprint density at radius 3 is 2.63 bits per heavy atom. The highest BCUT2D eigenvalue weighted by molar-refractivity contribution is 6.46. The van der Waals surface area contributed by atoms with Crippen LogP contribution in [0, 0.1) is 0 Å². The average molecular weight is 411 g/mol. The largest absolute Gasteiger partial charge is 0.507 e. The van der Waals surface area contributed by atoms with E-state index in [2.05, 4.69) is 4.98 Å². The predicted octanol–water partition coefficient (Wildman–Crippen LogP) is 2.17. The van der Waals surface area contributed by atoms with Gasteiger partial charge in [0.1, 0.15) is 17.3 Å². The van der Waals surface area contributed by atoms with Gasteiger partial charge in [0.2, 0.25) is 0 Å². The van der Waals surface area contributed by atoms with E-state index in [0.717, 1.165) is 6.54 Å². The van der Waals surface area contributed by atoms with Gasteiger partial charge in [-0.3, -0.25) is 14.6 Å². The van der Waals surface area contributed by atoms with Crippen molar-refractivity contribution in [2.75, 3.05) is 34.3 Å². The van der Waals surface area contributed by atoms with Crippen LogP contribution < -0.4 is 4.74 Å². The summed E-state index contributed by atoms with van der Waals surface area (Å²) >= 11 is 0. The topological polar surface area (TPSA) is 103 Å². The van der Waals surface area contributed by atoms with Crippen molar-refractivity contribution in [2.24, 2.45) is 0 Å². The lowest BCUT2D eigenvalue weighted by atomic mass is 9.96. The number of hydrogen-bond donors (Lipinski definition) is 2. The summed E-state index contributed by atoms with van der Waals surface area (Å²) in [5.74, 6) is -1.76. The van der Waals surface area contributed by atoms with E-state index in [4.69, 9.17) is 4.74 Å². The molecular formula is C22H25N3O5. The van der Waals surface area contributed by atoms with Crippen LogP contribution >= 0.6 is 0 Å². The van der Waals surface area contributed by atoms with Crippen LogP contribution in [-0.4, -0.2) is 71.0 Å².